The van der Waals surface area contributed by atoms with Crippen LogP contribution in [0, 0.1) is 0 Å². The molecular formula is C27H35BrO2. The van der Waals surface area contributed by atoms with Gasteiger partial charge in [-0.15, -0.1) is 0 Å². The summed E-state index contributed by atoms with van der Waals surface area (Å²) < 4.78 is 6.71. The quantitative estimate of drug-likeness (QED) is 0.142. The van der Waals surface area contributed by atoms with E-state index < -0.39 is 0 Å². The van der Waals surface area contributed by atoms with E-state index >= 15 is 0 Å². The van der Waals surface area contributed by atoms with Crippen LogP contribution in [0.4, 0.5) is 0 Å². The summed E-state index contributed by atoms with van der Waals surface area (Å²) in [4.78, 5) is 12.2. The highest BCUT2D eigenvalue weighted by molar-refractivity contribution is 9.10. The molecule has 2 aromatic rings. The monoisotopic (exact) mass is 470 g/mol. The van der Waals surface area contributed by atoms with E-state index in [1.165, 1.54) is 80.0 Å². The van der Waals surface area contributed by atoms with Crippen molar-refractivity contribution in [2.45, 2.75) is 90.4 Å². The van der Waals surface area contributed by atoms with Gasteiger partial charge in [0.15, 0.2) is 0 Å². The predicted octanol–water partition coefficient (Wildman–Crippen LogP) is 8.63. The van der Waals surface area contributed by atoms with Crippen molar-refractivity contribution in [3.63, 3.8) is 0 Å². The second-order valence-corrected chi connectivity index (χ2v) is 9.47. The smallest absolute Gasteiger partial charge is 0.311 e. The zero-order valence-electron chi connectivity index (χ0n) is 18.4. The molecule has 1 aliphatic carbocycles. The van der Waals surface area contributed by atoms with Crippen LogP contribution in [-0.2, 0) is 11.2 Å². The molecule has 2 aromatic carbocycles. The molecule has 0 bridgehead atoms. The second-order valence-electron chi connectivity index (χ2n) is 8.56. The number of rotatable bonds is 13. The summed E-state index contributed by atoms with van der Waals surface area (Å²) in [5.41, 5.74) is 5.10. The Hall–Kier alpha value is -1.61. The largest absolute Gasteiger partial charge is 0.427 e. The maximum absolute atomic E-state index is 12.2. The molecule has 0 fully saturated rings. The van der Waals surface area contributed by atoms with E-state index in [4.69, 9.17) is 4.74 Å². The van der Waals surface area contributed by atoms with Gasteiger partial charge in [0.2, 0.25) is 0 Å². The Morgan fingerprint density at radius 3 is 2.03 bits per heavy atom. The molecule has 0 atom stereocenters. The van der Waals surface area contributed by atoms with Crippen LogP contribution >= 0.6 is 15.9 Å². The number of ether oxygens (including phenoxy) is 1. The number of unbranched alkanes of at least 4 members (excludes halogenated alkanes) is 10. The number of benzene rings is 2. The number of hydrogen-bond donors (Lipinski definition) is 0. The van der Waals surface area contributed by atoms with Gasteiger partial charge in [-0.3, -0.25) is 4.79 Å². The summed E-state index contributed by atoms with van der Waals surface area (Å²) >= 11 is 3.55. The molecular weight excluding hydrogens is 436 g/mol. The first-order chi connectivity index (χ1) is 14.7. The van der Waals surface area contributed by atoms with Crippen molar-refractivity contribution in [3.05, 3.63) is 52.0 Å². The molecule has 30 heavy (non-hydrogen) atoms. The number of carbonyl (C=O) groups is 1. The molecule has 0 heterocycles. The van der Waals surface area contributed by atoms with Gasteiger partial charge in [-0.25, -0.2) is 0 Å². The number of fused-ring (bicyclic) bond motifs is 3. The minimum atomic E-state index is -0.107. The number of hydrogen-bond acceptors (Lipinski definition) is 2. The summed E-state index contributed by atoms with van der Waals surface area (Å²) in [6.45, 7) is 2.26. The Labute approximate surface area is 190 Å². The Kier molecular flexibility index (Phi) is 9.45. The van der Waals surface area contributed by atoms with E-state index in [-0.39, 0.29) is 5.97 Å². The fourth-order valence-electron chi connectivity index (χ4n) is 4.34. The SMILES string of the molecule is CCCCCCCCCCCCCC(=O)Oc1ccc2c(c1)Cc1cc(Br)ccc1-2. The van der Waals surface area contributed by atoms with Crippen molar-refractivity contribution in [1.82, 2.24) is 0 Å². The van der Waals surface area contributed by atoms with Crippen LogP contribution < -0.4 is 4.74 Å². The fourth-order valence-corrected chi connectivity index (χ4v) is 4.74. The van der Waals surface area contributed by atoms with E-state index in [0.717, 1.165) is 23.7 Å². The standard InChI is InChI=1S/C27H35BrO2/c1-2-3-4-5-6-7-8-9-10-11-12-13-27(29)30-24-15-17-26-22(20-24)18-21-19-23(28)14-16-25(21)26/h14-17,19-20H,2-13,18H2,1H3. The third-order valence-corrected chi connectivity index (χ3v) is 6.52. The van der Waals surface area contributed by atoms with Crippen molar-refractivity contribution in [2.75, 3.05) is 0 Å². The highest BCUT2D eigenvalue weighted by Crippen LogP contribution is 2.39. The number of carbonyl (C=O) groups excluding carboxylic acids is 1. The van der Waals surface area contributed by atoms with Gasteiger partial charge in [0, 0.05) is 10.9 Å². The number of esters is 1. The lowest BCUT2D eigenvalue weighted by Gasteiger charge is -2.07. The van der Waals surface area contributed by atoms with Gasteiger partial charge in [-0.2, -0.15) is 0 Å². The van der Waals surface area contributed by atoms with Crippen LogP contribution in [0.5, 0.6) is 5.75 Å². The van der Waals surface area contributed by atoms with Gasteiger partial charge in [0.25, 0.3) is 0 Å². The van der Waals surface area contributed by atoms with E-state index in [1.807, 2.05) is 12.1 Å². The van der Waals surface area contributed by atoms with Crippen LogP contribution in [0.1, 0.15) is 95.1 Å². The maximum atomic E-state index is 12.2. The molecule has 0 N–H and O–H groups in total. The lowest BCUT2D eigenvalue weighted by molar-refractivity contribution is -0.134. The van der Waals surface area contributed by atoms with Gasteiger partial charge < -0.3 is 4.74 Å². The summed E-state index contributed by atoms with van der Waals surface area (Å²) in [6, 6.07) is 12.4. The molecule has 0 spiro atoms. The molecule has 0 amide bonds. The molecule has 3 rings (SSSR count). The topological polar surface area (TPSA) is 26.3 Å². The lowest BCUT2D eigenvalue weighted by atomic mass is 10.1. The van der Waals surface area contributed by atoms with Crippen molar-refractivity contribution < 1.29 is 9.53 Å². The predicted molar refractivity (Wildman–Crippen MR) is 129 cm³/mol. The van der Waals surface area contributed by atoms with E-state index in [0.29, 0.717) is 12.2 Å². The normalized spacial score (nSPS) is 11.9. The maximum Gasteiger partial charge on any atom is 0.311 e. The Morgan fingerprint density at radius 2 is 1.37 bits per heavy atom. The van der Waals surface area contributed by atoms with Gasteiger partial charge in [-0.1, -0.05) is 99.2 Å². The third kappa shape index (κ3) is 6.97. The molecule has 1 aliphatic rings. The molecule has 0 radical (unpaired) electrons. The minimum absolute atomic E-state index is 0.107. The fraction of sp³-hybridized carbons (Fsp3) is 0.519. The van der Waals surface area contributed by atoms with Crippen LogP contribution in [0.2, 0.25) is 0 Å². The van der Waals surface area contributed by atoms with Crippen LogP contribution in [0.25, 0.3) is 11.1 Å². The average molecular weight is 471 g/mol. The summed E-state index contributed by atoms with van der Waals surface area (Å²) in [5.74, 6) is 0.567. The minimum Gasteiger partial charge on any atom is -0.427 e. The lowest BCUT2D eigenvalue weighted by Crippen LogP contribution is -2.07. The van der Waals surface area contributed by atoms with Crippen molar-refractivity contribution in [3.8, 4) is 16.9 Å². The summed E-state index contributed by atoms with van der Waals surface area (Å²) in [5, 5.41) is 0. The first-order valence-electron chi connectivity index (χ1n) is 11.8. The Morgan fingerprint density at radius 1 is 0.800 bits per heavy atom. The molecule has 3 heteroatoms. The zero-order valence-corrected chi connectivity index (χ0v) is 19.9. The highest BCUT2D eigenvalue weighted by atomic mass is 79.9. The molecule has 2 nitrogen and oxygen atoms in total. The first-order valence-corrected chi connectivity index (χ1v) is 12.6. The highest BCUT2D eigenvalue weighted by Gasteiger charge is 2.19. The molecule has 0 aromatic heterocycles. The first kappa shape index (κ1) is 23.1. The van der Waals surface area contributed by atoms with E-state index in [1.54, 1.807) is 0 Å². The van der Waals surface area contributed by atoms with Crippen LogP contribution in [-0.4, -0.2) is 5.97 Å². The third-order valence-electron chi connectivity index (χ3n) is 6.03. The molecule has 162 valence electrons. The summed E-state index contributed by atoms with van der Waals surface area (Å²) in [7, 11) is 0. The second kappa shape index (κ2) is 12.3. The van der Waals surface area contributed by atoms with Gasteiger partial charge in [0.1, 0.15) is 5.75 Å². The van der Waals surface area contributed by atoms with Crippen molar-refractivity contribution in [1.29, 1.82) is 0 Å². The molecule has 0 unspecified atom stereocenters. The zero-order chi connectivity index (χ0) is 21.2. The van der Waals surface area contributed by atoms with Gasteiger partial charge in [-0.05, 0) is 59.4 Å². The molecule has 0 aliphatic heterocycles. The van der Waals surface area contributed by atoms with E-state index in [2.05, 4.69) is 47.1 Å². The Balaban J connectivity index is 1.30. The Bertz CT molecular complexity index is 828. The summed E-state index contributed by atoms with van der Waals surface area (Å²) in [6.07, 6.45) is 15.6. The number of halogens is 1. The average Bonchev–Trinajstić information content (AvgIpc) is 3.08. The molecule has 0 saturated heterocycles. The molecule has 0 saturated carbocycles. The van der Waals surface area contributed by atoms with Crippen molar-refractivity contribution in [2.24, 2.45) is 0 Å². The van der Waals surface area contributed by atoms with Gasteiger partial charge in [0.05, 0.1) is 0 Å². The van der Waals surface area contributed by atoms with Crippen molar-refractivity contribution >= 4 is 21.9 Å². The van der Waals surface area contributed by atoms with Crippen LogP contribution in [0.15, 0.2) is 40.9 Å². The van der Waals surface area contributed by atoms with Crippen LogP contribution in [0.3, 0.4) is 0 Å². The van der Waals surface area contributed by atoms with E-state index in [9.17, 15) is 4.79 Å². The van der Waals surface area contributed by atoms with Gasteiger partial charge >= 0.3 is 5.97 Å².